The van der Waals surface area contributed by atoms with E-state index in [4.69, 9.17) is 4.74 Å². The van der Waals surface area contributed by atoms with Gasteiger partial charge in [-0.1, -0.05) is 22.0 Å². The van der Waals surface area contributed by atoms with E-state index in [9.17, 15) is 0 Å². The summed E-state index contributed by atoms with van der Waals surface area (Å²) in [4.78, 5) is 0. The van der Waals surface area contributed by atoms with Gasteiger partial charge in [-0.2, -0.15) is 5.10 Å². The Balaban J connectivity index is 1.81. The maximum Gasteiger partial charge on any atom is 0.120 e. The molecule has 0 aliphatic heterocycles. The number of rotatable bonds is 6. The van der Waals surface area contributed by atoms with Crippen LogP contribution in [0.4, 0.5) is 0 Å². The van der Waals surface area contributed by atoms with Crippen molar-refractivity contribution in [1.82, 2.24) is 15.1 Å². The van der Waals surface area contributed by atoms with E-state index in [2.05, 4.69) is 26.3 Å². The van der Waals surface area contributed by atoms with Crippen LogP contribution in [-0.2, 0) is 13.1 Å². The molecule has 1 aromatic heterocycles. The molecule has 5 heteroatoms. The van der Waals surface area contributed by atoms with Crippen molar-refractivity contribution in [3.05, 3.63) is 46.7 Å². The van der Waals surface area contributed by atoms with Gasteiger partial charge in [0.1, 0.15) is 12.4 Å². The van der Waals surface area contributed by atoms with Crippen LogP contribution in [0.3, 0.4) is 0 Å². The van der Waals surface area contributed by atoms with E-state index in [1.165, 1.54) is 5.56 Å². The number of aromatic nitrogens is 2. The minimum atomic E-state index is 0.608. The third-order valence-corrected chi connectivity index (χ3v) is 2.95. The van der Waals surface area contributed by atoms with Gasteiger partial charge in [-0.15, -0.1) is 0 Å². The highest BCUT2D eigenvalue weighted by Crippen LogP contribution is 2.17. The molecular weight excluding hydrogens is 294 g/mol. The Morgan fingerprint density at radius 2 is 2.33 bits per heavy atom. The molecule has 0 saturated heterocycles. The predicted molar refractivity (Wildman–Crippen MR) is 74.6 cm³/mol. The van der Waals surface area contributed by atoms with Gasteiger partial charge in [0.05, 0.1) is 12.7 Å². The van der Waals surface area contributed by atoms with Gasteiger partial charge >= 0.3 is 0 Å². The minimum absolute atomic E-state index is 0.608. The second-order valence-electron chi connectivity index (χ2n) is 3.95. The number of hydrogen-bond acceptors (Lipinski definition) is 3. The summed E-state index contributed by atoms with van der Waals surface area (Å²) in [6.07, 6.45) is 3.90. The lowest BCUT2D eigenvalue weighted by Crippen LogP contribution is -2.08. The fourth-order valence-corrected chi connectivity index (χ4v) is 2.02. The summed E-state index contributed by atoms with van der Waals surface area (Å²) in [5, 5.41) is 7.37. The summed E-state index contributed by atoms with van der Waals surface area (Å²) in [7, 11) is 1.92. The first-order valence-electron chi connectivity index (χ1n) is 5.82. The molecule has 2 aromatic rings. The first-order chi connectivity index (χ1) is 8.78. The first-order valence-corrected chi connectivity index (χ1v) is 6.61. The van der Waals surface area contributed by atoms with Crippen LogP contribution in [0.15, 0.2) is 41.1 Å². The summed E-state index contributed by atoms with van der Waals surface area (Å²) in [6.45, 7) is 2.19. The van der Waals surface area contributed by atoms with E-state index in [0.717, 1.165) is 23.3 Å². The monoisotopic (exact) mass is 309 g/mol. The number of hydrogen-bond donors (Lipinski definition) is 1. The number of halogens is 1. The van der Waals surface area contributed by atoms with Crippen LogP contribution in [0.25, 0.3) is 0 Å². The molecule has 2 rings (SSSR count). The lowest BCUT2D eigenvalue weighted by Gasteiger charge is -2.06. The molecule has 0 saturated carbocycles. The quantitative estimate of drug-likeness (QED) is 0.891. The van der Waals surface area contributed by atoms with Crippen molar-refractivity contribution in [3.8, 4) is 5.75 Å². The van der Waals surface area contributed by atoms with E-state index < -0.39 is 0 Å². The molecule has 0 radical (unpaired) electrons. The molecule has 96 valence electrons. The minimum Gasteiger partial charge on any atom is -0.492 e. The van der Waals surface area contributed by atoms with E-state index in [0.29, 0.717) is 6.61 Å². The topological polar surface area (TPSA) is 39.1 Å². The molecule has 0 spiro atoms. The van der Waals surface area contributed by atoms with Gasteiger partial charge < -0.3 is 10.1 Å². The fraction of sp³-hybridized carbons (Fsp3) is 0.308. The molecule has 0 amide bonds. The van der Waals surface area contributed by atoms with E-state index >= 15 is 0 Å². The van der Waals surface area contributed by atoms with E-state index in [1.807, 2.05) is 48.4 Å². The normalized spacial score (nSPS) is 10.6. The molecule has 0 fully saturated rings. The first kappa shape index (κ1) is 13.1. The Hall–Kier alpha value is -1.33. The fourth-order valence-electron chi connectivity index (χ4n) is 1.64. The summed E-state index contributed by atoms with van der Waals surface area (Å²) < 4.78 is 8.57. The zero-order valence-electron chi connectivity index (χ0n) is 10.3. The Morgan fingerprint density at radius 1 is 1.44 bits per heavy atom. The average molecular weight is 310 g/mol. The Morgan fingerprint density at radius 3 is 3.11 bits per heavy atom. The molecule has 0 aliphatic rings. The van der Waals surface area contributed by atoms with Crippen LogP contribution in [0.2, 0.25) is 0 Å². The van der Waals surface area contributed by atoms with Gasteiger partial charge in [0.25, 0.3) is 0 Å². The molecule has 0 atom stereocenters. The third-order valence-electron chi connectivity index (χ3n) is 2.45. The van der Waals surface area contributed by atoms with Gasteiger partial charge in [0, 0.05) is 22.8 Å². The molecule has 4 nitrogen and oxygen atoms in total. The molecule has 18 heavy (non-hydrogen) atoms. The second kappa shape index (κ2) is 6.56. The number of nitrogens with zero attached hydrogens (tertiary/aromatic N) is 2. The highest BCUT2D eigenvalue weighted by molar-refractivity contribution is 9.10. The molecular formula is C13H16BrN3O. The second-order valence-corrected chi connectivity index (χ2v) is 4.86. The van der Waals surface area contributed by atoms with Crippen LogP contribution in [-0.4, -0.2) is 23.4 Å². The van der Waals surface area contributed by atoms with Crippen molar-refractivity contribution in [3.63, 3.8) is 0 Å². The molecule has 1 aromatic carbocycles. The van der Waals surface area contributed by atoms with Gasteiger partial charge in [0.2, 0.25) is 0 Å². The maximum atomic E-state index is 5.65. The molecule has 0 unspecified atom stereocenters. The molecule has 1 N–H and O–H groups in total. The maximum absolute atomic E-state index is 5.65. The largest absolute Gasteiger partial charge is 0.492 e. The lowest BCUT2D eigenvalue weighted by atomic mass is 10.3. The molecule has 1 heterocycles. The van der Waals surface area contributed by atoms with Gasteiger partial charge in [-0.25, -0.2) is 0 Å². The standard InChI is InChI=1S/C13H16BrN3O/c1-15-8-11-9-16-17(10-11)5-6-18-13-4-2-3-12(14)7-13/h2-4,7,9-10,15H,5-6,8H2,1H3. The van der Waals surface area contributed by atoms with Crippen molar-refractivity contribution in [2.75, 3.05) is 13.7 Å². The van der Waals surface area contributed by atoms with Crippen molar-refractivity contribution in [2.24, 2.45) is 0 Å². The Labute approximate surface area is 115 Å². The van der Waals surface area contributed by atoms with Crippen LogP contribution in [0, 0.1) is 0 Å². The van der Waals surface area contributed by atoms with Crippen molar-refractivity contribution in [1.29, 1.82) is 0 Å². The zero-order valence-corrected chi connectivity index (χ0v) is 11.9. The lowest BCUT2D eigenvalue weighted by molar-refractivity contribution is 0.291. The smallest absolute Gasteiger partial charge is 0.120 e. The van der Waals surface area contributed by atoms with E-state index in [1.54, 1.807) is 0 Å². The molecule has 0 aliphatic carbocycles. The Bertz CT molecular complexity index is 498. The predicted octanol–water partition coefficient (Wildman–Crippen LogP) is 2.44. The number of ether oxygens (including phenoxy) is 1. The van der Waals surface area contributed by atoms with Gasteiger partial charge in [0.15, 0.2) is 0 Å². The van der Waals surface area contributed by atoms with Crippen LogP contribution >= 0.6 is 15.9 Å². The zero-order chi connectivity index (χ0) is 12.8. The summed E-state index contributed by atoms with van der Waals surface area (Å²) in [5.41, 5.74) is 1.18. The van der Waals surface area contributed by atoms with Crippen LogP contribution in [0.1, 0.15) is 5.56 Å². The summed E-state index contributed by atoms with van der Waals surface area (Å²) in [6, 6.07) is 7.83. The van der Waals surface area contributed by atoms with Gasteiger partial charge in [-0.3, -0.25) is 4.68 Å². The highest BCUT2D eigenvalue weighted by atomic mass is 79.9. The van der Waals surface area contributed by atoms with E-state index in [-0.39, 0.29) is 0 Å². The number of nitrogens with one attached hydrogen (secondary N) is 1. The summed E-state index contributed by atoms with van der Waals surface area (Å²) in [5.74, 6) is 0.868. The SMILES string of the molecule is CNCc1cnn(CCOc2cccc(Br)c2)c1. The third kappa shape index (κ3) is 3.85. The molecule has 0 bridgehead atoms. The van der Waals surface area contributed by atoms with Crippen molar-refractivity contribution >= 4 is 15.9 Å². The van der Waals surface area contributed by atoms with Crippen LogP contribution < -0.4 is 10.1 Å². The van der Waals surface area contributed by atoms with Crippen molar-refractivity contribution < 1.29 is 4.74 Å². The van der Waals surface area contributed by atoms with Crippen molar-refractivity contribution in [2.45, 2.75) is 13.1 Å². The highest BCUT2D eigenvalue weighted by Gasteiger charge is 1.98. The Kier molecular flexibility index (Phi) is 4.78. The summed E-state index contributed by atoms with van der Waals surface area (Å²) >= 11 is 3.42. The van der Waals surface area contributed by atoms with Gasteiger partial charge in [-0.05, 0) is 25.2 Å². The average Bonchev–Trinajstić information content (AvgIpc) is 2.78. The number of benzene rings is 1. The van der Waals surface area contributed by atoms with Crippen LogP contribution in [0.5, 0.6) is 5.75 Å².